The van der Waals surface area contributed by atoms with Crippen molar-refractivity contribution in [3.8, 4) is 5.75 Å². The Morgan fingerprint density at radius 2 is 1.79 bits per heavy atom. The summed E-state index contributed by atoms with van der Waals surface area (Å²) in [6.07, 6.45) is 15.1. The lowest BCUT2D eigenvalue weighted by molar-refractivity contribution is 0.309. The summed E-state index contributed by atoms with van der Waals surface area (Å²) in [6, 6.07) is 5.11. The Balaban J connectivity index is 1.92. The lowest BCUT2D eigenvalue weighted by Crippen LogP contribution is -2.07. The van der Waals surface area contributed by atoms with Crippen LogP contribution in [0.1, 0.15) is 77.4 Å². The van der Waals surface area contributed by atoms with Crippen LogP contribution in [0.4, 0.5) is 4.39 Å². The molecule has 0 bridgehead atoms. The molecule has 2 rings (SSSR count). The molecule has 0 spiro atoms. The van der Waals surface area contributed by atoms with Gasteiger partial charge in [0.05, 0.1) is 6.61 Å². The normalized spacial score (nSPS) is 11.5. The maximum absolute atomic E-state index is 14.6. The summed E-state index contributed by atoms with van der Waals surface area (Å²) in [5.74, 6) is 0.0927. The molecule has 4 heteroatoms. The lowest BCUT2D eigenvalue weighted by Gasteiger charge is -2.08. The maximum Gasteiger partial charge on any atom is 0.346 e. The van der Waals surface area contributed by atoms with Gasteiger partial charge in [0.15, 0.2) is 11.6 Å². The van der Waals surface area contributed by atoms with Gasteiger partial charge in [-0.2, -0.15) is 0 Å². The van der Waals surface area contributed by atoms with E-state index in [0.29, 0.717) is 30.6 Å². The Labute approximate surface area is 167 Å². The van der Waals surface area contributed by atoms with Gasteiger partial charge in [-0.1, -0.05) is 70.1 Å². The molecule has 28 heavy (non-hydrogen) atoms. The minimum atomic E-state index is -0.634. The van der Waals surface area contributed by atoms with E-state index in [4.69, 9.17) is 9.15 Å². The van der Waals surface area contributed by atoms with E-state index in [2.05, 4.69) is 6.92 Å². The molecule has 154 valence electrons. The first-order valence-electron chi connectivity index (χ1n) is 10.7. The topological polar surface area (TPSA) is 39.4 Å². The van der Waals surface area contributed by atoms with Crippen LogP contribution in [0.2, 0.25) is 0 Å². The summed E-state index contributed by atoms with van der Waals surface area (Å²) in [5, 5.41) is 0.548. The Morgan fingerprint density at radius 3 is 2.50 bits per heavy atom. The van der Waals surface area contributed by atoms with Crippen LogP contribution in [0.3, 0.4) is 0 Å². The van der Waals surface area contributed by atoms with Crippen LogP contribution < -0.4 is 10.4 Å². The zero-order chi connectivity index (χ0) is 20.2. The molecule has 0 unspecified atom stereocenters. The van der Waals surface area contributed by atoms with Gasteiger partial charge in [-0.05, 0) is 37.3 Å². The molecule has 0 atom stereocenters. The number of hydrogen-bond acceptors (Lipinski definition) is 3. The summed E-state index contributed by atoms with van der Waals surface area (Å²) < 4.78 is 25.5. The first kappa shape index (κ1) is 22.2. The van der Waals surface area contributed by atoms with E-state index in [1.807, 2.05) is 19.1 Å². The molecule has 1 heterocycles. The van der Waals surface area contributed by atoms with Gasteiger partial charge in [0, 0.05) is 6.42 Å². The fraction of sp³-hybridized carbons (Fsp3) is 0.542. The molecule has 0 saturated heterocycles. The first-order chi connectivity index (χ1) is 13.7. The average molecular weight is 389 g/mol. The summed E-state index contributed by atoms with van der Waals surface area (Å²) in [5.41, 5.74) is -0.622. The molecular formula is C24H33FO3. The van der Waals surface area contributed by atoms with Crippen LogP contribution >= 0.6 is 0 Å². The molecule has 3 nitrogen and oxygen atoms in total. The third kappa shape index (κ3) is 6.81. The molecule has 1 aromatic carbocycles. The number of halogens is 1. The van der Waals surface area contributed by atoms with E-state index in [0.717, 1.165) is 12.8 Å². The number of aryl methyl sites for hydroxylation is 1. The summed E-state index contributed by atoms with van der Waals surface area (Å²) in [4.78, 5) is 12.3. The number of fused-ring (bicyclic) bond motifs is 1. The Hall–Kier alpha value is -2.10. The van der Waals surface area contributed by atoms with Crippen molar-refractivity contribution in [3.05, 3.63) is 52.3 Å². The van der Waals surface area contributed by atoms with E-state index >= 15 is 0 Å². The second kappa shape index (κ2) is 12.4. The van der Waals surface area contributed by atoms with Gasteiger partial charge < -0.3 is 9.15 Å². The van der Waals surface area contributed by atoms with Gasteiger partial charge in [-0.3, -0.25) is 0 Å². The van der Waals surface area contributed by atoms with E-state index in [1.165, 1.54) is 38.5 Å². The van der Waals surface area contributed by atoms with E-state index in [1.54, 1.807) is 18.2 Å². The number of benzene rings is 1. The number of allylic oxidation sites excluding steroid dienone is 1. The Bertz CT molecular complexity index is 807. The van der Waals surface area contributed by atoms with Crippen molar-refractivity contribution in [2.45, 2.75) is 78.1 Å². The molecule has 0 aliphatic heterocycles. The monoisotopic (exact) mass is 388 g/mol. The molecule has 0 aliphatic carbocycles. The molecule has 0 saturated carbocycles. The van der Waals surface area contributed by atoms with Crippen LogP contribution in [0.25, 0.3) is 10.8 Å². The van der Waals surface area contributed by atoms with Crippen LogP contribution in [-0.2, 0) is 6.42 Å². The molecule has 0 aliphatic rings. The zero-order valence-corrected chi connectivity index (χ0v) is 17.3. The van der Waals surface area contributed by atoms with Crippen molar-refractivity contribution in [3.63, 3.8) is 0 Å². The number of unbranched alkanes of at least 4 members (excludes halogenated alkanes) is 7. The van der Waals surface area contributed by atoms with Crippen LogP contribution in [0.15, 0.2) is 39.6 Å². The molecule has 0 fully saturated rings. The van der Waals surface area contributed by atoms with Crippen molar-refractivity contribution in [1.82, 2.24) is 0 Å². The second-order valence-electron chi connectivity index (χ2n) is 7.27. The highest BCUT2D eigenvalue weighted by Crippen LogP contribution is 2.25. The quantitative estimate of drug-likeness (QED) is 0.275. The van der Waals surface area contributed by atoms with Gasteiger partial charge in [0.25, 0.3) is 0 Å². The van der Waals surface area contributed by atoms with Gasteiger partial charge in [0.1, 0.15) is 11.1 Å². The van der Waals surface area contributed by atoms with Crippen molar-refractivity contribution < 1.29 is 13.5 Å². The van der Waals surface area contributed by atoms with E-state index in [9.17, 15) is 9.18 Å². The molecule has 0 N–H and O–H groups in total. The van der Waals surface area contributed by atoms with Crippen molar-refractivity contribution >= 4 is 10.8 Å². The minimum absolute atomic E-state index is 0.0248. The predicted octanol–water partition coefficient (Wildman–Crippen LogP) is 6.96. The first-order valence-corrected chi connectivity index (χ1v) is 10.7. The molecule has 1 aromatic heterocycles. The summed E-state index contributed by atoms with van der Waals surface area (Å²) in [6.45, 7) is 4.52. The Kier molecular flexibility index (Phi) is 9.81. The predicted molar refractivity (Wildman–Crippen MR) is 114 cm³/mol. The highest BCUT2D eigenvalue weighted by Gasteiger charge is 2.14. The van der Waals surface area contributed by atoms with Crippen LogP contribution in [-0.4, -0.2) is 6.61 Å². The molecule has 0 radical (unpaired) electrons. The fourth-order valence-corrected chi connectivity index (χ4v) is 3.34. The maximum atomic E-state index is 14.6. The lowest BCUT2D eigenvalue weighted by atomic mass is 10.1. The third-order valence-corrected chi connectivity index (χ3v) is 4.94. The molecule has 2 aromatic rings. The largest absolute Gasteiger partial charge is 0.490 e. The standard InChI is InChI=1S/C24H33FO3/c1-3-5-7-8-9-10-11-12-14-20-18-19-15-16-21(27-17-13-6-4-2)23(25)22(19)24(26)28-20/h4,6,15-16,18H,3,5,7-14,17H2,1-2H3/b6-4+. The average Bonchev–Trinajstić information content (AvgIpc) is 2.68. The molecular weight excluding hydrogens is 355 g/mol. The van der Waals surface area contributed by atoms with Gasteiger partial charge in [-0.25, -0.2) is 9.18 Å². The van der Waals surface area contributed by atoms with Crippen molar-refractivity contribution in [2.75, 3.05) is 6.61 Å². The third-order valence-electron chi connectivity index (χ3n) is 4.94. The highest BCUT2D eigenvalue weighted by molar-refractivity contribution is 5.83. The Morgan fingerprint density at radius 1 is 1.07 bits per heavy atom. The van der Waals surface area contributed by atoms with Gasteiger partial charge in [-0.15, -0.1) is 0 Å². The second-order valence-corrected chi connectivity index (χ2v) is 7.27. The number of ether oxygens (including phenoxy) is 1. The van der Waals surface area contributed by atoms with Gasteiger partial charge >= 0.3 is 5.63 Å². The smallest absolute Gasteiger partial charge is 0.346 e. The SMILES string of the molecule is C/C=C/CCOc1ccc2cc(CCCCCCCCCC)oc(=O)c2c1F. The number of rotatable bonds is 13. The number of hydrogen-bond donors (Lipinski definition) is 0. The van der Waals surface area contributed by atoms with E-state index in [-0.39, 0.29) is 11.1 Å². The summed E-state index contributed by atoms with van der Waals surface area (Å²) in [7, 11) is 0. The summed E-state index contributed by atoms with van der Waals surface area (Å²) >= 11 is 0. The molecule has 0 amide bonds. The minimum Gasteiger partial charge on any atom is -0.490 e. The van der Waals surface area contributed by atoms with Crippen LogP contribution in [0.5, 0.6) is 5.75 Å². The van der Waals surface area contributed by atoms with Gasteiger partial charge in [0.2, 0.25) is 0 Å². The van der Waals surface area contributed by atoms with Crippen LogP contribution in [0, 0.1) is 5.82 Å². The zero-order valence-electron chi connectivity index (χ0n) is 17.3. The fourth-order valence-electron chi connectivity index (χ4n) is 3.34. The van der Waals surface area contributed by atoms with E-state index < -0.39 is 11.4 Å². The van der Waals surface area contributed by atoms with Crippen molar-refractivity contribution in [2.24, 2.45) is 0 Å². The highest BCUT2D eigenvalue weighted by atomic mass is 19.1. The van der Waals surface area contributed by atoms with Crippen molar-refractivity contribution in [1.29, 1.82) is 0 Å².